The van der Waals surface area contributed by atoms with E-state index in [-0.39, 0.29) is 18.1 Å². The average molecular weight is 389 g/mol. The smallest absolute Gasteiger partial charge is 0.277 e. The van der Waals surface area contributed by atoms with Gasteiger partial charge in [-0.05, 0) is 55.3 Å². The van der Waals surface area contributed by atoms with E-state index in [4.69, 9.17) is 4.74 Å². The van der Waals surface area contributed by atoms with Crippen LogP contribution >= 0.6 is 0 Å². The molecule has 0 spiro atoms. The van der Waals surface area contributed by atoms with Gasteiger partial charge < -0.3 is 14.6 Å². The van der Waals surface area contributed by atoms with Crippen molar-refractivity contribution in [3.63, 3.8) is 0 Å². The number of nitrogens with zero attached hydrogens (tertiary/aromatic N) is 2. The summed E-state index contributed by atoms with van der Waals surface area (Å²) in [5.74, 6) is -3.21. The molecular weight excluding hydrogens is 371 g/mol. The Balaban J connectivity index is 2.00. The zero-order valence-corrected chi connectivity index (χ0v) is 15.5. The molecule has 0 saturated carbocycles. The second-order valence-electron chi connectivity index (χ2n) is 6.36. The van der Waals surface area contributed by atoms with Gasteiger partial charge in [0.25, 0.3) is 5.56 Å². The van der Waals surface area contributed by atoms with Crippen molar-refractivity contribution in [3.05, 3.63) is 81.0 Å². The van der Waals surface area contributed by atoms with E-state index in [1.807, 2.05) is 13.0 Å². The molecule has 2 aromatic carbocycles. The van der Waals surface area contributed by atoms with E-state index in [0.29, 0.717) is 17.0 Å². The molecule has 0 bridgehead atoms. The first-order chi connectivity index (χ1) is 13.3. The lowest BCUT2D eigenvalue weighted by Crippen LogP contribution is -2.19. The Morgan fingerprint density at radius 2 is 1.75 bits per heavy atom. The standard InChI is InChI=1S/C20H18F3N3O2/c1-11-6-14(28-3)4-5-17(11)24-20-25-19(27)12(2)9-26(20)10-13-7-15(21)18(23)16(22)8-13/h4-9H,10H2,1-3H3,(H,24,25,27). The summed E-state index contributed by atoms with van der Waals surface area (Å²) in [4.78, 5) is 16.0. The molecule has 0 fully saturated rings. The fourth-order valence-electron chi connectivity index (χ4n) is 2.74. The molecule has 0 atom stereocenters. The fourth-order valence-corrected chi connectivity index (χ4v) is 2.74. The molecule has 0 aliphatic carbocycles. The topological polar surface area (TPSA) is 56.1 Å². The number of rotatable bonds is 5. The summed E-state index contributed by atoms with van der Waals surface area (Å²) in [6.07, 6.45) is 1.52. The summed E-state index contributed by atoms with van der Waals surface area (Å²) < 4.78 is 47.0. The van der Waals surface area contributed by atoms with Crippen LogP contribution in [0.15, 0.2) is 41.3 Å². The van der Waals surface area contributed by atoms with E-state index in [9.17, 15) is 18.0 Å². The van der Waals surface area contributed by atoms with Crippen molar-refractivity contribution in [3.8, 4) is 5.75 Å². The van der Waals surface area contributed by atoms with Crippen molar-refractivity contribution in [2.45, 2.75) is 20.4 Å². The molecule has 1 aromatic heterocycles. The molecule has 1 heterocycles. The van der Waals surface area contributed by atoms with E-state index in [1.54, 1.807) is 26.2 Å². The zero-order valence-electron chi connectivity index (χ0n) is 15.5. The summed E-state index contributed by atoms with van der Waals surface area (Å²) >= 11 is 0. The second-order valence-corrected chi connectivity index (χ2v) is 6.36. The molecule has 0 radical (unpaired) electrons. The molecule has 8 heteroatoms. The summed E-state index contributed by atoms with van der Waals surface area (Å²) in [6.45, 7) is 3.42. The Morgan fingerprint density at radius 3 is 2.36 bits per heavy atom. The van der Waals surface area contributed by atoms with Gasteiger partial charge in [0.15, 0.2) is 17.5 Å². The number of benzene rings is 2. The third-order valence-electron chi connectivity index (χ3n) is 4.24. The van der Waals surface area contributed by atoms with Crippen molar-refractivity contribution < 1.29 is 17.9 Å². The summed E-state index contributed by atoms with van der Waals surface area (Å²) in [5, 5.41) is 3.06. The molecule has 28 heavy (non-hydrogen) atoms. The van der Waals surface area contributed by atoms with Gasteiger partial charge in [0.05, 0.1) is 13.7 Å². The highest BCUT2D eigenvalue weighted by molar-refractivity contribution is 5.60. The first kappa shape index (κ1) is 19.5. The highest BCUT2D eigenvalue weighted by atomic mass is 19.2. The number of ether oxygens (including phenoxy) is 1. The van der Waals surface area contributed by atoms with Gasteiger partial charge >= 0.3 is 0 Å². The van der Waals surface area contributed by atoms with Gasteiger partial charge in [0, 0.05) is 17.4 Å². The van der Waals surface area contributed by atoms with Crippen LogP contribution in [0.1, 0.15) is 16.7 Å². The van der Waals surface area contributed by atoms with E-state index < -0.39 is 23.0 Å². The molecule has 3 aromatic rings. The number of hydrogen-bond donors (Lipinski definition) is 1. The second kappa shape index (κ2) is 7.75. The van der Waals surface area contributed by atoms with Crippen molar-refractivity contribution in [2.75, 3.05) is 12.4 Å². The highest BCUT2D eigenvalue weighted by Gasteiger charge is 2.13. The van der Waals surface area contributed by atoms with Crippen LogP contribution in [0.3, 0.4) is 0 Å². The predicted molar refractivity (Wildman–Crippen MR) is 99.7 cm³/mol. The van der Waals surface area contributed by atoms with Crippen molar-refractivity contribution in [1.29, 1.82) is 0 Å². The Kier molecular flexibility index (Phi) is 5.39. The van der Waals surface area contributed by atoms with E-state index in [2.05, 4.69) is 10.3 Å². The number of halogens is 3. The van der Waals surface area contributed by atoms with Crippen LogP contribution in [0.4, 0.5) is 24.8 Å². The number of nitrogens with one attached hydrogen (secondary N) is 1. The van der Waals surface area contributed by atoms with Crippen LogP contribution in [0.25, 0.3) is 0 Å². The monoisotopic (exact) mass is 389 g/mol. The Morgan fingerprint density at radius 1 is 1.07 bits per heavy atom. The number of hydrogen-bond acceptors (Lipinski definition) is 4. The minimum Gasteiger partial charge on any atom is -0.497 e. The number of aromatic nitrogens is 2. The summed E-state index contributed by atoms with van der Waals surface area (Å²) in [6, 6.07) is 7.14. The minimum absolute atomic E-state index is 0.0141. The maximum Gasteiger partial charge on any atom is 0.277 e. The first-order valence-electron chi connectivity index (χ1n) is 8.41. The molecule has 0 aliphatic heterocycles. The van der Waals surface area contributed by atoms with E-state index in [1.165, 1.54) is 10.8 Å². The van der Waals surface area contributed by atoms with Crippen molar-refractivity contribution in [1.82, 2.24) is 9.55 Å². The average Bonchev–Trinajstić information content (AvgIpc) is 2.65. The molecule has 5 nitrogen and oxygen atoms in total. The Labute approximate surface area is 159 Å². The van der Waals surface area contributed by atoms with E-state index >= 15 is 0 Å². The fraction of sp³-hybridized carbons (Fsp3) is 0.200. The number of aryl methyl sites for hydroxylation is 2. The van der Waals surface area contributed by atoms with Crippen LogP contribution in [-0.2, 0) is 6.54 Å². The normalized spacial score (nSPS) is 10.8. The van der Waals surface area contributed by atoms with Gasteiger partial charge in [-0.1, -0.05) is 0 Å². The van der Waals surface area contributed by atoms with Crippen LogP contribution in [-0.4, -0.2) is 16.7 Å². The summed E-state index contributed by atoms with van der Waals surface area (Å²) in [7, 11) is 1.56. The van der Waals surface area contributed by atoms with Gasteiger partial charge in [0.2, 0.25) is 5.95 Å². The maximum atomic E-state index is 13.5. The highest BCUT2D eigenvalue weighted by Crippen LogP contribution is 2.24. The van der Waals surface area contributed by atoms with E-state index in [0.717, 1.165) is 17.7 Å². The largest absolute Gasteiger partial charge is 0.497 e. The van der Waals surface area contributed by atoms with Crippen LogP contribution < -0.4 is 15.6 Å². The quantitative estimate of drug-likeness (QED) is 0.668. The first-order valence-corrected chi connectivity index (χ1v) is 8.41. The molecular formula is C20H18F3N3O2. The van der Waals surface area contributed by atoms with Crippen molar-refractivity contribution in [2.24, 2.45) is 0 Å². The van der Waals surface area contributed by atoms with Gasteiger partial charge in [0.1, 0.15) is 5.75 Å². The molecule has 1 N–H and O–H groups in total. The lowest BCUT2D eigenvalue weighted by Gasteiger charge is -2.16. The number of anilines is 2. The van der Waals surface area contributed by atoms with Gasteiger partial charge in [-0.3, -0.25) is 4.79 Å². The molecule has 146 valence electrons. The molecule has 0 saturated heterocycles. The van der Waals surface area contributed by atoms with Gasteiger partial charge in [-0.2, -0.15) is 4.98 Å². The minimum atomic E-state index is -1.52. The zero-order chi connectivity index (χ0) is 20.4. The maximum absolute atomic E-state index is 13.5. The van der Waals surface area contributed by atoms with Crippen LogP contribution in [0.5, 0.6) is 5.75 Å². The third-order valence-corrected chi connectivity index (χ3v) is 4.24. The van der Waals surface area contributed by atoms with Gasteiger partial charge in [-0.25, -0.2) is 13.2 Å². The Bertz CT molecular complexity index is 1070. The SMILES string of the molecule is COc1ccc(Nc2nc(=O)c(C)cn2Cc2cc(F)c(F)c(F)c2)c(C)c1. The van der Waals surface area contributed by atoms with Crippen LogP contribution in [0, 0.1) is 31.3 Å². The number of methoxy groups -OCH3 is 1. The molecule has 0 aliphatic rings. The van der Waals surface area contributed by atoms with Crippen molar-refractivity contribution >= 4 is 11.6 Å². The van der Waals surface area contributed by atoms with Crippen LogP contribution in [0.2, 0.25) is 0 Å². The molecule has 3 rings (SSSR count). The predicted octanol–water partition coefficient (Wildman–Crippen LogP) is 4.08. The lowest BCUT2D eigenvalue weighted by molar-refractivity contribution is 0.414. The third kappa shape index (κ3) is 4.00. The Hall–Kier alpha value is -3.29. The lowest BCUT2D eigenvalue weighted by atomic mass is 10.2. The molecule has 0 amide bonds. The summed E-state index contributed by atoms with van der Waals surface area (Å²) in [5.41, 5.74) is 1.65. The molecule has 0 unspecified atom stereocenters. The van der Waals surface area contributed by atoms with Gasteiger partial charge in [-0.15, -0.1) is 0 Å².